The maximum atomic E-state index is 13.1. The third-order valence-corrected chi connectivity index (χ3v) is 7.78. The lowest BCUT2D eigenvalue weighted by atomic mass is 9.49. The van der Waals surface area contributed by atoms with Crippen LogP contribution in [0.25, 0.3) is 0 Å². The van der Waals surface area contributed by atoms with E-state index in [4.69, 9.17) is 16.5 Å². The molecule has 1 aromatic rings. The first-order valence-corrected chi connectivity index (χ1v) is 12.2. The predicted molar refractivity (Wildman–Crippen MR) is 122 cm³/mol. The summed E-state index contributed by atoms with van der Waals surface area (Å²) in [5, 5.41) is 3.12. The molecule has 0 spiro atoms. The molecule has 4 nitrogen and oxygen atoms in total. The van der Waals surface area contributed by atoms with Gasteiger partial charge in [-0.25, -0.2) is 0 Å². The van der Waals surface area contributed by atoms with Crippen LogP contribution in [-0.2, 0) is 11.2 Å². The molecule has 5 heteroatoms. The van der Waals surface area contributed by atoms with Crippen molar-refractivity contribution >= 4 is 17.7 Å². The minimum absolute atomic E-state index is 0.0439. The standard InChI is InChI=1S/C25H37ClN2O2/c1-27-8-4-10-30-9-3-6-19-5-2-7-23(14-19)24(29)28(26)18-25-15-20-11-21(16-25)13-22(12-20)17-25/h2,5,7,14,20-22,27H,3-4,6,8-13,15-18H2,1H3. The largest absolute Gasteiger partial charge is 0.381 e. The second-order valence-corrected chi connectivity index (χ2v) is 10.5. The normalized spacial score (nSPS) is 29.3. The lowest BCUT2D eigenvalue weighted by Crippen LogP contribution is -2.50. The highest BCUT2D eigenvalue weighted by Gasteiger charge is 2.51. The fraction of sp³-hybridized carbons (Fsp3) is 0.720. The minimum Gasteiger partial charge on any atom is -0.381 e. The van der Waals surface area contributed by atoms with Gasteiger partial charge >= 0.3 is 0 Å². The van der Waals surface area contributed by atoms with Crippen molar-refractivity contribution in [1.29, 1.82) is 0 Å². The molecule has 1 aromatic carbocycles. The van der Waals surface area contributed by atoms with Gasteiger partial charge in [-0.1, -0.05) is 12.1 Å². The number of hydrogen-bond donors (Lipinski definition) is 1. The van der Waals surface area contributed by atoms with E-state index in [0.29, 0.717) is 12.1 Å². The summed E-state index contributed by atoms with van der Waals surface area (Å²) >= 11 is 6.60. The number of aryl methyl sites for hydroxylation is 1. The predicted octanol–water partition coefficient (Wildman–Crippen LogP) is 5.06. The summed E-state index contributed by atoms with van der Waals surface area (Å²) in [6.45, 7) is 3.25. The molecule has 1 N–H and O–H groups in total. The summed E-state index contributed by atoms with van der Waals surface area (Å²) in [5.74, 6) is 2.58. The van der Waals surface area contributed by atoms with Crippen molar-refractivity contribution in [1.82, 2.24) is 9.74 Å². The fourth-order valence-corrected chi connectivity index (χ4v) is 7.03. The molecular weight excluding hydrogens is 396 g/mol. The number of carbonyl (C=O) groups excluding carboxylic acids is 1. The fourth-order valence-electron chi connectivity index (χ4n) is 6.68. The van der Waals surface area contributed by atoms with Gasteiger partial charge in [0.1, 0.15) is 0 Å². The number of carbonyl (C=O) groups is 1. The first kappa shape index (κ1) is 22.1. The maximum Gasteiger partial charge on any atom is 0.268 e. The second kappa shape index (κ2) is 10.0. The van der Waals surface area contributed by atoms with Gasteiger partial charge in [-0.15, -0.1) is 0 Å². The second-order valence-electron chi connectivity index (χ2n) is 10.1. The molecule has 4 aliphatic rings. The number of ether oxygens (including phenoxy) is 1. The summed E-state index contributed by atoms with van der Waals surface area (Å²) in [6.07, 6.45) is 11.0. The number of halogens is 1. The average molecular weight is 433 g/mol. The number of nitrogens with one attached hydrogen (secondary N) is 1. The monoisotopic (exact) mass is 432 g/mol. The van der Waals surface area contributed by atoms with E-state index in [1.54, 1.807) is 0 Å². The Morgan fingerprint density at radius 1 is 1.13 bits per heavy atom. The zero-order valence-corrected chi connectivity index (χ0v) is 19.1. The molecule has 0 atom stereocenters. The Morgan fingerprint density at radius 2 is 1.80 bits per heavy atom. The molecule has 0 heterocycles. The van der Waals surface area contributed by atoms with Crippen molar-refractivity contribution in [3.8, 4) is 0 Å². The van der Waals surface area contributed by atoms with Crippen LogP contribution < -0.4 is 5.32 Å². The number of rotatable bonds is 11. The summed E-state index contributed by atoms with van der Waals surface area (Å²) in [5.41, 5.74) is 2.16. The Labute approximate surface area is 186 Å². The van der Waals surface area contributed by atoms with Crippen LogP contribution in [0.1, 0.15) is 67.3 Å². The average Bonchev–Trinajstić information content (AvgIpc) is 2.71. The minimum atomic E-state index is -0.0439. The molecule has 4 saturated carbocycles. The van der Waals surface area contributed by atoms with Crippen LogP contribution >= 0.6 is 11.8 Å². The Kier molecular flexibility index (Phi) is 7.38. The van der Waals surface area contributed by atoms with Crippen molar-refractivity contribution in [2.75, 3.05) is 33.4 Å². The van der Waals surface area contributed by atoms with Crippen LogP contribution in [0, 0.1) is 23.2 Å². The van der Waals surface area contributed by atoms with Crippen molar-refractivity contribution in [3.05, 3.63) is 35.4 Å². The van der Waals surface area contributed by atoms with Gasteiger partial charge in [0.05, 0.1) is 0 Å². The molecule has 0 saturated heterocycles. The lowest BCUT2D eigenvalue weighted by Gasteiger charge is -2.57. The topological polar surface area (TPSA) is 41.6 Å². The van der Waals surface area contributed by atoms with Gasteiger partial charge in [0.15, 0.2) is 0 Å². The smallest absolute Gasteiger partial charge is 0.268 e. The Morgan fingerprint density at radius 3 is 2.47 bits per heavy atom. The van der Waals surface area contributed by atoms with Crippen LogP contribution in [-0.4, -0.2) is 43.7 Å². The van der Waals surface area contributed by atoms with Crippen LogP contribution in [0.15, 0.2) is 24.3 Å². The van der Waals surface area contributed by atoms with E-state index in [2.05, 4.69) is 11.4 Å². The molecule has 4 aliphatic carbocycles. The lowest BCUT2D eigenvalue weighted by molar-refractivity contribution is -0.0579. The number of hydrogen-bond acceptors (Lipinski definition) is 3. The summed E-state index contributed by atoms with van der Waals surface area (Å²) < 4.78 is 7.17. The SMILES string of the molecule is CNCCCOCCCc1cccc(C(=O)N(Cl)CC23CC4CC(CC(C4)C2)C3)c1. The van der Waals surface area contributed by atoms with Gasteiger partial charge in [-0.2, -0.15) is 0 Å². The van der Waals surface area contributed by atoms with E-state index >= 15 is 0 Å². The van der Waals surface area contributed by atoms with Crippen molar-refractivity contribution in [3.63, 3.8) is 0 Å². The third-order valence-electron chi connectivity index (χ3n) is 7.50. The maximum absolute atomic E-state index is 13.1. The highest BCUT2D eigenvalue weighted by atomic mass is 35.5. The number of amides is 1. The van der Waals surface area contributed by atoms with E-state index in [9.17, 15) is 4.79 Å². The summed E-state index contributed by atoms with van der Waals surface area (Å²) in [7, 11) is 1.96. The van der Waals surface area contributed by atoms with Gasteiger partial charge in [0.25, 0.3) is 5.91 Å². The van der Waals surface area contributed by atoms with E-state index in [-0.39, 0.29) is 11.3 Å². The highest BCUT2D eigenvalue weighted by molar-refractivity contribution is 6.24. The summed E-state index contributed by atoms with van der Waals surface area (Å²) in [4.78, 5) is 13.1. The van der Waals surface area contributed by atoms with Crippen LogP contribution in [0.5, 0.6) is 0 Å². The van der Waals surface area contributed by atoms with E-state index < -0.39 is 0 Å². The van der Waals surface area contributed by atoms with Crippen LogP contribution in [0.4, 0.5) is 0 Å². The van der Waals surface area contributed by atoms with E-state index in [0.717, 1.165) is 56.8 Å². The zero-order valence-electron chi connectivity index (χ0n) is 18.4. The molecule has 0 aliphatic heterocycles. The van der Waals surface area contributed by atoms with Gasteiger partial charge in [-0.05, 0) is 112 Å². The van der Waals surface area contributed by atoms with Crippen molar-refractivity contribution in [2.24, 2.45) is 23.2 Å². The number of benzene rings is 1. The van der Waals surface area contributed by atoms with Gasteiger partial charge < -0.3 is 10.1 Å². The van der Waals surface area contributed by atoms with Crippen LogP contribution in [0.2, 0.25) is 0 Å². The molecule has 4 bridgehead atoms. The van der Waals surface area contributed by atoms with Gasteiger partial charge in [0, 0.05) is 37.1 Å². The Bertz CT molecular complexity index is 688. The third kappa shape index (κ3) is 5.38. The highest BCUT2D eigenvalue weighted by Crippen LogP contribution is 2.60. The molecule has 4 fully saturated rings. The first-order valence-electron chi connectivity index (χ1n) is 11.9. The first-order chi connectivity index (χ1) is 14.6. The zero-order chi connectivity index (χ0) is 21.0. The Hall–Kier alpha value is -1.10. The molecule has 30 heavy (non-hydrogen) atoms. The van der Waals surface area contributed by atoms with Crippen molar-refractivity contribution < 1.29 is 9.53 Å². The quantitative estimate of drug-likeness (QED) is 0.392. The molecule has 166 valence electrons. The van der Waals surface area contributed by atoms with Crippen LogP contribution in [0.3, 0.4) is 0 Å². The number of nitrogens with zero attached hydrogens (tertiary/aromatic N) is 1. The summed E-state index contributed by atoms with van der Waals surface area (Å²) in [6, 6.07) is 7.98. The Balaban J connectivity index is 1.27. The van der Waals surface area contributed by atoms with E-state index in [1.807, 2.05) is 25.2 Å². The van der Waals surface area contributed by atoms with Gasteiger partial charge in [-0.3, -0.25) is 9.21 Å². The molecule has 0 radical (unpaired) electrons. The van der Waals surface area contributed by atoms with E-state index in [1.165, 1.54) is 48.5 Å². The van der Waals surface area contributed by atoms with Gasteiger partial charge in [0.2, 0.25) is 0 Å². The van der Waals surface area contributed by atoms with Crippen molar-refractivity contribution in [2.45, 2.75) is 57.8 Å². The molecule has 0 aromatic heterocycles. The molecule has 1 amide bonds. The molecule has 0 unspecified atom stereocenters. The molecular formula is C25H37ClN2O2. The molecule has 5 rings (SSSR count).